The van der Waals surface area contributed by atoms with Crippen LogP contribution in [0.25, 0.3) is 0 Å². The first-order chi connectivity index (χ1) is 12.2. The molecule has 0 radical (unpaired) electrons. The molecule has 0 aliphatic rings. The van der Waals surface area contributed by atoms with Crippen LogP contribution >= 0.6 is 11.8 Å². The highest BCUT2D eigenvalue weighted by Crippen LogP contribution is 2.27. The Balaban J connectivity index is 1.55. The van der Waals surface area contributed by atoms with Gasteiger partial charge in [-0.3, -0.25) is 9.89 Å². The molecule has 130 valence electrons. The molecule has 1 amide bonds. The molecule has 0 bridgehead atoms. The second-order valence-electron chi connectivity index (χ2n) is 5.34. The molecule has 2 N–H and O–H groups in total. The number of aryl methyl sites for hydroxylation is 1. The lowest BCUT2D eigenvalue weighted by Gasteiger charge is -2.07. The van der Waals surface area contributed by atoms with Crippen LogP contribution in [0.15, 0.2) is 45.8 Å². The Kier molecular flexibility index (Phi) is 5.39. The summed E-state index contributed by atoms with van der Waals surface area (Å²) in [5.41, 5.74) is 1.91. The highest BCUT2D eigenvalue weighted by atomic mass is 32.2. The van der Waals surface area contributed by atoms with Gasteiger partial charge in [-0.2, -0.15) is 5.10 Å². The molecule has 0 atom stereocenters. The molecule has 0 saturated carbocycles. The minimum Gasteiger partial charge on any atom is -0.484 e. The van der Waals surface area contributed by atoms with Crippen LogP contribution < -0.4 is 10.1 Å². The summed E-state index contributed by atoms with van der Waals surface area (Å²) in [6, 6.07) is 11.2. The Bertz CT molecular complexity index is 859. The lowest BCUT2D eigenvalue weighted by Crippen LogP contribution is -2.23. The summed E-state index contributed by atoms with van der Waals surface area (Å²) < 4.78 is 10.9. The number of hydrogen-bond acceptors (Lipinski definition) is 6. The Morgan fingerprint density at radius 2 is 2.20 bits per heavy atom. The summed E-state index contributed by atoms with van der Waals surface area (Å²) in [5, 5.41) is 13.4. The predicted molar refractivity (Wildman–Crippen MR) is 93.6 cm³/mol. The smallest absolute Gasteiger partial charge is 0.273 e. The first-order valence-corrected chi connectivity index (χ1v) is 8.88. The van der Waals surface area contributed by atoms with E-state index in [4.69, 9.17) is 9.26 Å². The van der Waals surface area contributed by atoms with Gasteiger partial charge in [0.2, 0.25) is 0 Å². The molecule has 3 aromatic rings. The van der Waals surface area contributed by atoms with E-state index in [1.54, 1.807) is 17.8 Å². The fourth-order valence-electron chi connectivity index (χ4n) is 2.20. The van der Waals surface area contributed by atoms with Crippen molar-refractivity contribution in [2.75, 3.05) is 6.26 Å². The van der Waals surface area contributed by atoms with Gasteiger partial charge in [0.05, 0.1) is 12.2 Å². The number of aromatic nitrogens is 3. The maximum Gasteiger partial charge on any atom is 0.273 e. The van der Waals surface area contributed by atoms with Crippen molar-refractivity contribution in [3.8, 4) is 5.75 Å². The number of H-pyrrole nitrogens is 1. The third kappa shape index (κ3) is 4.42. The van der Waals surface area contributed by atoms with Crippen molar-refractivity contribution in [3.05, 3.63) is 59.2 Å². The van der Waals surface area contributed by atoms with Crippen molar-refractivity contribution in [1.82, 2.24) is 20.7 Å². The van der Waals surface area contributed by atoms with Crippen molar-refractivity contribution in [3.63, 3.8) is 0 Å². The molecule has 2 aromatic heterocycles. The number of thioether (sulfide) groups is 1. The molecule has 8 heteroatoms. The van der Waals surface area contributed by atoms with E-state index < -0.39 is 0 Å². The first kappa shape index (κ1) is 17.1. The van der Waals surface area contributed by atoms with Crippen LogP contribution in [0, 0.1) is 6.92 Å². The van der Waals surface area contributed by atoms with Gasteiger partial charge in [-0.25, -0.2) is 0 Å². The van der Waals surface area contributed by atoms with E-state index in [0.29, 0.717) is 12.3 Å². The van der Waals surface area contributed by atoms with Gasteiger partial charge in [-0.05, 0) is 31.4 Å². The van der Waals surface area contributed by atoms with Crippen molar-refractivity contribution in [2.45, 2.75) is 25.0 Å². The van der Waals surface area contributed by atoms with Crippen LogP contribution in [0.2, 0.25) is 0 Å². The molecule has 0 fully saturated rings. The molecule has 7 nitrogen and oxygen atoms in total. The van der Waals surface area contributed by atoms with Crippen LogP contribution in [0.3, 0.4) is 0 Å². The zero-order chi connectivity index (χ0) is 17.6. The largest absolute Gasteiger partial charge is 0.484 e. The van der Waals surface area contributed by atoms with Gasteiger partial charge < -0.3 is 14.6 Å². The number of aromatic amines is 1. The van der Waals surface area contributed by atoms with Gasteiger partial charge in [0.1, 0.15) is 12.4 Å². The van der Waals surface area contributed by atoms with Gasteiger partial charge in [0.15, 0.2) is 11.5 Å². The Hall–Kier alpha value is -2.74. The number of amides is 1. The molecule has 0 spiro atoms. The topological polar surface area (TPSA) is 93.0 Å². The number of benzene rings is 1. The van der Waals surface area contributed by atoms with Gasteiger partial charge in [0.25, 0.3) is 5.91 Å². The normalized spacial score (nSPS) is 10.6. The third-order valence-corrected chi connectivity index (χ3v) is 4.20. The van der Waals surface area contributed by atoms with Crippen LogP contribution in [0.1, 0.15) is 27.6 Å². The fourth-order valence-corrected chi connectivity index (χ4v) is 2.74. The third-order valence-electron chi connectivity index (χ3n) is 3.42. The van der Waals surface area contributed by atoms with E-state index in [9.17, 15) is 4.79 Å². The number of nitrogens with one attached hydrogen (secondary N) is 2. The Labute approximate surface area is 149 Å². The monoisotopic (exact) mass is 358 g/mol. The summed E-state index contributed by atoms with van der Waals surface area (Å²) in [5.74, 6) is 0.933. The van der Waals surface area contributed by atoms with Crippen molar-refractivity contribution >= 4 is 17.7 Å². The molecule has 0 aliphatic carbocycles. The molecule has 0 unspecified atom stereocenters. The van der Waals surface area contributed by atoms with Crippen molar-refractivity contribution in [1.29, 1.82) is 0 Å². The number of rotatable bonds is 7. The molecule has 1 aromatic carbocycles. The van der Waals surface area contributed by atoms with E-state index in [0.717, 1.165) is 22.0 Å². The highest BCUT2D eigenvalue weighted by Gasteiger charge is 2.13. The molecule has 3 rings (SSSR count). The molecule has 2 heterocycles. The minimum atomic E-state index is -0.319. The average Bonchev–Trinajstić information content (AvgIpc) is 3.27. The van der Waals surface area contributed by atoms with Crippen LogP contribution in [0.4, 0.5) is 0 Å². The van der Waals surface area contributed by atoms with Gasteiger partial charge >= 0.3 is 0 Å². The maximum absolute atomic E-state index is 12.1. The summed E-state index contributed by atoms with van der Waals surface area (Å²) >= 11 is 1.60. The summed E-state index contributed by atoms with van der Waals surface area (Å²) in [6.07, 6.45) is 1.99. The predicted octanol–water partition coefficient (Wildman–Crippen LogP) is 2.94. The highest BCUT2D eigenvalue weighted by molar-refractivity contribution is 7.98. The van der Waals surface area contributed by atoms with E-state index in [-0.39, 0.29) is 18.2 Å². The van der Waals surface area contributed by atoms with E-state index in [1.165, 1.54) is 0 Å². The molecule has 0 saturated heterocycles. The summed E-state index contributed by atoms with van der Waals surface area (Å²) in [7, 11) is 0. The van der Waals surface area contributed by atoms with Crippen molar-refractivity contribution in [2.24, 2.45) is 0 Å². The van der Waals surface area contributed by atoms with Crippen LogP contribution in [-0.4, -0.2) is 27.5 Å². The SMILES string of the molecule is CSc1ccccc1OCc1cc(C(=O)NCc2cc(C)[nH]n2)no1. The quantitative estimate of drug-likeness (QED) is 0.631. The number of hydrogen-bond donors (Lipinski definition) is 2. The summed E-state index contributed by atoms with van der Waals surface area (Å²) in [6.45, 7) is 2.43. The lowest BCUT2D eigenvalue weighted by molar-refractivity contribution is 0.0941. The number of carbonyl (C=O) groups excluding carboxylic acids is 1. The zero-order valence-electron chi connectivity index (χ0n) is 13.9. The second-order valence-corrected chi connectivity index (χ2v) is 6.19. The molecule has 25 heavy (non-hydrogen) atoms. The number of carbonyl (C=O) groups is 1. The number of ether oxygens (including phenoxy) is 1. The van der Waals surface area contributed by atoms with Crippen LogP contribution in [-0.2, 0) is 13.2 Å². The second kappa shape index (κ2) is 7.89. The van der Waals surface area contributed by atoms with E-state index in [1.807, 2.05) is 43.5 Å². The lowest BCUT2D eigenvalue weighted by atomic mass is 10.3. The van der Waals surface area contributed by atoms with E-state index in [2.05, 4.69) is 20.7 Å². The number of nitrogens with zero attached hydrogens (tertiary/aromatic N) is 2. The standard InChI is InChI=1S/C17H18N4O3S/c1-11-7-12(20-19-11)9-18-17(22)14-8-13(24-21-14)10-23-15-5-3-4-6-16(15)25-2/h3-8H,9-10H2,1-2H3,(H,18,22)(H,19,20). The Morgan fingerprint density at radius 1 is 1.36 bits per heavy atom. The van der Waals surface area contributed by atoms with Crippen molar-refractivity contribution < 1.29 is 14.1 Å². The summed E-state index contributed by atoms with van der Waals surface area (Å²) in [4.78, 5) is 13.1. The average molecular weight is 358 g/mol. The fraction of sp³-hybridized carbons (Fsp3) is 0.235. The number of para-hydroxylation sites is 1. The minimum absolute atomic E-state index is 0.205. The van der Waals surface area contributed by atoms with Crippen LogP contribution in [0.5, 0.6) is 5.75 Å². The maximum atomic E-state index is 12.1. The first-order valence-electron chi connectivity index (χ1n) is 7.66. The molecular formula is C17H18N4O3S. The van der Waals surface area contributed by atoms with Gasteiger partial charge in [0, 0.05) is 16.7 Å². The van der Waals surface area contributed by atoms with Gasteiger partial charge in [-0.15, -0.1) is 11.8 Å². The zero-order valence-corrected chi connectivity index (χ0v) is 14.7. The van der Waals surface area contributed by atoms with E-state index >= 15 is 0 Å². The molecule has 0 aliphatic heterocycles. The molecular weight excluding hydrogens is 340 g/mol. The Morgan fingerprint density at radius 3 is 2.96 bits per heavy atom. The van der Waals surface area contributed by atoms with Gasteiger partial charge in [-0.1, -0.05) is 17.3 Å².